The highest BCUT2D eigenvalue weighted by Crippen LogP contribution is 2.19. The van der Waals surface area contributed by atoms with Gasteiger partial charge in [0, 0.05) is 11.0 Å². The van der Waals surface area contributed by atoms with Gasteiger partial charge in [0.05, 0.1) is 12.7 Å². The Hall–Kier alpha value is -2.53. The van der Waals surface area contributed by atoms with Crippen molar-refractivity contribution in [2.75, 3.05) is 13.4 Å². The molecule has 2 aromatic carbocycles. The first-order valence-corrected chi connectivity index (χ1v) is 8.07. The van der Waals surface area contributed by atoms with Gasteiger partial charge in [0.15, 0.2) is 0 Å². The Morgan fingerprint density at radius 1 is 1.00 bits per heavy atom. The predicted molar refractivity (Wildman–Crippen MR) is 90.7 cm³/mol. The Kier molecular flexibility index (Phi) is 6.00. The summed E-state index contributed by atoms with van der Waals surface area (Å²) in [6.07, 6.45) is 4.95. The quantitative estimate of drug-likeness (QED) is 0.361. The highest BCUT2D eigenvalue weighted by molar-refractivity contribution is 7.98. The van der Waals surface area contributed by atoms with E-state index in [-0.39, 0.29) is 0 Å². The van der Waals surface area contributed by atoms with E-state index in [1.165, 1.54) is 13.2 Å². The van der Waals surface area contributed by atoms with E-state index in [1.807, 2.05) is 18.4 Å². The Morgan fingerprint density at radius 2 is 1.65 bits per heavy atom. The summed E-state index contributed by atoms with van der Waals surface area (Å²) in [6.45, 7) is 0. The molecule has 0 N–H and O–H groups in total. The first-order chi connectivity index (χ1) is 11.1. The molecule has 0 amide bonds. The number of esters is 2. The second kappa shape index (κ2) is 8.19. The van der Waals surface area contributed by atoms with Crippen LogP contribution in [0.4, 0.5) is 0 Å². The van der Waals surface area contributed by atoms with E-state index in [2.05, 4.69) is 4.74 Å². The predicted octanol–water partition coefficient (Wildman–Crippen LogP) is 3.81. The maximum atomic E-state index is 11.8. The lowest BCUT2D eigenvalue weighted by Crippen LogP contribution is -2.03. The number of carbonyl (C=O) groups is 2. The standard InChI is InChI=1S/C18H16O4S/c1-21-18(20)14-6-3-13(4-7-14)5-12-17(19)22-15-8-10-16(23-2)11-9-15/h3-12H,1-2H3/b12-5+. The Balaban J connectivity index is 1.96. The fourth-order valence-corrected chi connectivity index (χ4v) is 2.21. The van der Waals surface area contributed by atoms with Crippen molar-refractivity contribution in [3.63, 3.8) is 0 Å². The van der Waals surface area contributed by atoms with Gasteiger partial charge in [0.25, 0.3) is 0 Å². The van der Waals surface area contributed by atoms with Crippen LogP contribution >= 0.6 is 11.8 Å². The molecular weight excluding hydrogens is 312 g/mol. The van der Waals surface area contributed by atoms with Crippen molar-refractivity contribution >= 4 is 29.8 Å². The summed E-state index contributed by atoms with van der Waals surface area (Å²) in [5.74, 6) is -0.355. The number of methoxy groups -OCH3 is 1. The molecule has 0 bridgehead atoms. The van der Waals surface area contributed by atoms with Gasteiger partial charge in [0.2, 0.25) is 0 Å². The summed E-state index contributed by atoms with van der Waals surface area (Å²) < 4.78 is 9.83. The topological polar surface area (TPSA) is 52.6 Å². The van der Waals surface area contributed by atoms with E-state index in [0.29, 0.717) is 11.3 Å². The molecule has 0 fully saturated rings. The van der Waals surface area contributed by atoms with Gasteiger partial charge in [-0.25, -0.2) is 9.59 Å². The minimum atomic E-state index is -0.459. The van der Waals surface area contributed by atoms with E-state index in [4.69, 9.17) is 4.74 Å². The fourth-order valence-electron chi connectivity index (χ4n) is 1.81. The largest absolute Gasteiger partial charge is 0.465 e. The zero-order chi connectivity index (χ0) is 16.7. The van der Waals surface area contributed by atoms with E-state index in [9.17, 15) is 9.59 Å². The molecule has 118 valence electrons. The van der Waals surface area contributed by atoms with Gasteiger partial charge in [-0.2, -0.15) is 0 Å². The van der Waals surface area contributed by atoms with Crippen molar-refractivity contribution in [2.45, 2.75) is 4.90 Å². The number of thioether (sulfide) groups is 1. The number of benzene rings is 2. The van der Waals surface area contributed by atoms with Crippen LogP contribution in [0.3, 0.4) is 0 Å². The molecule has 0 radical (unpaired) electrons. The average molecular weight is 328 g/mol. The normalized spacial score (nSPS) is 10.5. The van der Waals surface area contributed by atoms with Gasteiger partial charge < -0.3 is 9.47 Å². The zero-order valence-corrected chi connectivity index (χ0v) is 13.6. The molecule has 0 saturated carbocycles. The summed E-state index contributed by atoms with van der Waals surface area (Å²) in [4.78, 5) is 24.2. The second-order valence-corrected chi connectivity index (χ2v) is 5.42. The van der Waals surface area contributed by atoms with Crippen molar-refractivity contribution in [2.24, 2.45) is 0 Å². The maximum absolute atomic E-state index is 11.8. The van der Waals surface area contributed by atoms with Crippen LogP contribution in [0, 0.1) is 0 Å². The van der Waals surface area contributed by atoms with Crippen LogP contribution in [0.15, 0.2) is 59.5 Å². The third-order valence-electron chi connectivity index (χ3n) is 3.02. The SMILES string of the molecule is COC(=O)c1ccc(/C=C/C(=O)Oc2ccc(SC)cc2)cc1. The van der Waals surface area contributed by atoms with Gasteiger partial charge in [-0.1, -0.05) is 12.1 Å². The molecule has 0 aliphatic carbocycles. The van der Waals surface area contributed by atoms with Crippen molar-refractivity contribution in [3.05, 3.63) is 65.7 Å². The van der Waals surface area contributed by atoms with Gasteiger partial charge in [-0.3, -0.25) is 0 Å². The lowest BCUT2D eigenvalue weighted by atomic mass is 10.1. The van der Waals surface area contributed by atoms with Crippen molar-refractivity contribution < 1.29 is 19.1 Å². The molecular formula is C18H16O4S. The molecule has 0 aliphatic rings. The van der Waals surface area contributed by atoms with E-state index >= 15 is 0 Å². The monoisotopic (exact) mass is 328 g/mol. The molecule has 2 aromatic rings. The minimum Gasteiger partial charge on any atom is -0.465 e. The van der Waals surface area contributed by atoms with Crippen LogP contribution in [-0.4, -0.2) is 25.3 Å². The first kappa shape index (κ1) is 16.8. The number of carbonyl (C=O) groups excluding carboxylic acids is 2. The summed E-state index contributed by atoms with van der Waals surface area (Å²) in [5.41, 5.74) is 1.24. The van der Waals surface area contributed by atoms with E-state index < -0.39 is 11.9 Å². The lowest BCUT2D eigenvalue weighted by Gasteiger charge is -2.02. The van der Waals surface area contributed by atoms with Crippen LogP contribution in [0.2, 0.25) is 0 Å². The summed E-state index contributed by atoms with van der Waals surface area (Å²) in [5, 5.41) is 0. The summed E-state index contributed by atoms with van der Waals surface area (Å²) >= 11 is 1.62. The highest BCUT2D eigenvalue weighted by atomic mass is 32.2. The molecule has 4 nitrogen and oxygen atoms in total. The van der Waals surface area contributed by atoms with Crippen LogP contribution < -0.4 is 4.74 Å². The third kappa shape index (κ3) is 5.00. The third-order valence-corrected chi connectivity index (χ3v) is 3.77. The second-order valence-electron chi connectivity index (χ2n) is 4.54. The van der Waals surface area contributed by atoms with Crippen molar-refractivity contribution in [1.29, 1.82) is 0 Å². The molecule has 0 atom stereocenters. The smallest absolute Gasteiger partial charge is 0.337 e. The molecule has 0 unspecified atom stereocenters. The minimum absolute atomic E-state index is 0.395. The first-order valence-electron chi connectivity index (χ1n) is 6.84. The van der Waals surface area contributed by atoms with Gasteiger partial charge in [-0.05, 0) is 54.3 Å². The van der Waals surface area contributed by atoms with Crippen LogP contribution in [0.25, 0.3) is 6.08 Å². The molecule has 0 aromatic heterocycles. The molecule has 0 heterocycles. The Bertz CT molecular complexity index is 703. The van der Waals surface area contributed by atoms with E-state index in [1.54, 1.807) is 54.2 Å². The maximum Gasteiger partial charge on any atom is 0.337 e. The van der Waals surface area contributed by atoms with E-state index in [0.717, 1.165) is 10.5 Å². The average Bonchev–Trinajstić information content (AvgIpc) is 2.60. The van der Waals surface area contributed by atoms with Crippen LogP contribution in [-0.2, 0) is 9.53 Å². The summed E-state index contributed by atoms with van der Waals surface area (Å²) in [7, 11) is 1.33. The van der Waals surface area contributed by atoms with Gasteiger partial charge >= 0.3 is 11.9 Å². The number of hydrogen-bond acceptors (Lipinski definition) is 5. The van der Waals surface area contributed by atoms with Crippen LogP contribution in [0.1, 0.15) is 15.9 Å². The molecule has 2 rings (SSSR count). The van der Waals surface area contributed by atoms with Crippen molar-refractivity contribution in [1.82, 2.24) is 0 Å². The molecule has 5 heteroatoms. The highest BCUT2D eigenvalue weighted by Gasteiger charge is 2.04. The molecule has 0 spiro atoms. The van der Waals surface area contributed by atoms with Crippen LogP contribution in [0.5, 0.6) is 5.75 Å². The Morgan fingerprint density at radius 3 is 2.22 bits per heavy atom. The van der Waals surface area contributed by atoms with Gasteiger partial charge in [-0.15, -0.1) is 11.8 Å². The number of ether oxygens (including phenoxy) is 2. The summed E-state index contributed by atoms with van der Waals surface area (Å²) in [6, 6.07) is 14.0. The molecule has 0 saturated heterocycles. The molecule has 0 aliphatic heterocycles. The molecule has 23 heavy (non-hydrogen) atoms. The van der Waals surface area contributed by atoms with Gasteiger partial charge in [0.1, 0.15) is 5.75 Å². The Labute approximate surface area is 139 Å². The van der Waals surface area contributed by atoms with Crippen molar-refractivity contribution in [3.8, 4) is 5.75 Å². The number of rotatable bonds is 5. The number of hydrogen-bond donors (Lipinski definition) is 0. The zero-order valence-electron chi connectivity index (χ0n) is 12.8. The lowest BCUT2D eigenvalue weighted by molar-refractivity contribution is -0.128. The fraction of sp³-hybridized carbons (Fsp3) is 0.111.